The van der Waals surface area contributed by atoms with Crippen molar-refractivity contribution in [3.8, 4) is 0 Å². The number of nitrogens with two attached hydrogens (primary N) is 1. The van der Waals surface area contributed by atoms with E-state index in [-0.39, 0.29) is 5.84 Å². The second kappa shape index (κ2) is 5.27. The molecule has 0 radical (unpaired) electrons. The van der Waals surface area contributed by atoms with Crippen LogP contribution in [-0.4, -0.2) is 11.7 Å². The summed E-state index contributed by atoms with van der Waals surface area (Å²) in [5, 5.41) is 10.7. The Balaban J connectivity index is 0.000000123. The van der Waals surface area contributed by atoms with Crippen molar-refractivity contribution in [2.45, 2.75) is 13.1 Å². The van der Waals surface area contributed by atoms with Crippen molar-refractivity contribution in [1.82, 2.24) is 5.32 Å². The molecule has 0 spiro atoms. The van der Waals surface area contributed by atoms with Gasteiger partial charge >= 0.3 is 0 Å². The van der Waals surface area contributed by atoms with Gasteiger partial charge in [0.2, 0.25) is 0 Å². The quantitative estimate of drug-likeness (QED) is 0.681. The molecule has 0 unspecified atom stereocenters. The van der Waals surface area contributed by atoms with Gasteiger partial charge < -0.3 is 11.1 Å². The van der Waals surface area contributed by atoms with Gasteiger partial charge in [-0.15, -0.1) is 0 Å². The predicted octanol–water partition coefficient (Wildman–Crippen LogP) is 2.02. The third-order valence-electron chi connectivity index (χ3n) is 3.44. The first-order chi connectivity index (χ1) is 9.75. The normalized spacial score (nSPS) is 15.0. The number of amidine groups is 2. The van der Waals surface area contributed by atoms with Crippen LogP contribution in [0.4, 0.5) is 0 Å². The molecular weight excluding hydrogens is 248 g/mol. The minimum absolute atomic E-state index is 0.262. The van der Waals surface area contributed by atoms with Crippen LogP contribution in [0.15, 0.2) is 53.5 Å². The van der Waals surface area contributed by atoms with Crippen molar-refractivity contribution < 1.29 is 0 Å². The Hall–Kier alpha value is -2.46. The Labute approximate surface area is 117 Å². The summed E-state index contributed by atoms with van der Waals surface area (Å²) in [6.45, 7) is 2.10. The summed E-state index contributed by atoms with van der Waals surface area (Å²) in [5.74, 6) is 0.712. The number of hydrogen-bond acceptors (Lipinski definition) is 3. The Morgan fingerprint density at radius 1 is 0.900 bits per heavy atom. The molecule has 4 nitrogen and oxygen atoms in total. The van der Waals surface area contributed by atoms with Crippen LogP contribution in [0.3, 0.4) is 0 Å². The lowest BCUT2D eigenvalue weighted by Crippen LogP contribution is -2.09. The molecule has 0 aliphatic carbocycles. The van der Waals surface area contributed by atoms with Crippen molar-refractivity contribution in [3.05, 3.63) is 70.8 Å². The zero-order chi connectivity index (χ0) is 13.9. The lowest BCUT2D eigenvalue weighted by Gasteiger charge is -1.94. The zero-order valence-electron chi connectivity index (χ0n) is 11.1. The number of fused-ring (bicyclic) bond motifs is 2. The summed E-state index contributed by atoms with van der Waals surface area (Å²) < 4.78 is 0. The van der Waals surface area contributed by atoms with Crippen LogP contribution in [0, 0.1) is 5.41 Å². The molecule has 4 heteroatoms. The van der Waals surface area contributed by atoms with Crippen molar-refractivity contribution in [2.24, 2.45) is 10.7 Å². The lowest BCUT2D eigenvalue weighted by molar-refractivity contribution is 0.765. The molecule has 0 saturated heterocycles. The molecule has 20 heavy (non-hydrogen) atoms. The van der Waals surface area contributed by atoms with Gasteiger partial charge in [0.05, 0.1) is 0 Å². The summed E-state index contributed by atoms with van der Waals surface area (Å²) in [4.78, 5) is 3.83. The van der Waals surface area contributed by atoms with Crippen molar-refractivity contribution in [3.63, 3.8) is 0 Å². The van der Waals surface area contributed by atoms with Gasteiger partial charge in [0.25, 0.3) is 0 Å². The molecule has 2 aromatic rings. The molecule has 4 N–H and O–H groups in total. The molecule has 2 aliphatic heterocycles. The first-order valence-electron chi connectivity index (χ1n) is 6.55. The van der Waals surface area contributed by atoms with Crippen molar-refractivity contribution in [1.29, 1.82) is 5.41 Å². The van der Waals surface area contributed by atoms with E-state index in [1.54, 1.807) is 0 Å². The first-order valence-corrected chi connectivity index (χ1v) is 6.55. The molecule has 0 aromatic heterocycles. The standard InChI is InChI=1S/C8H7N3.C8H9N/c9-7-5-3-1-2-4-6(5)8(10)11-7;1-2-4-8-6-9-5-7(8)3-1/h1-4H,(H3,9,10,11);1-4,9H,5-6H2. The highest BCUT2D eigenvalue weighted by molar-refractivity contribution is 6.20. The average molecular weight is 264 g/mol. The van der Waals surface area contributed by atoms with Gasteiger partial charge in [-0.2, -0.15) is 0 Å². The SMILES string of the molecule is N=C1N=C(N)c2ccccc21.c1ccc2c(c1)CNC2. The highest BCUT2D eigenvalue weighted by Crippen LogP contribution is 2.15. The fourth-order valence-electron chi connectivity index (χ4n) is 2.39. The fraction of sp³-hybridized carbons (Fsp3) is 0.125. The Morgan fingerprint density at radius 2 is 1.45 bits per heavy atom. The van der Waals surface area contributed by atoms with E-state index in [9.17, 15) is 0 Å². The van der Waals surface area contributed by atoms with Gasteiger partial charge in [-0.3, -0.25) is 5.41 Å². The summed E-state index contributed by atoms with van der Waals surface area (Å²) in [6, 6.07) is 16.0. The van der Waals surface area contributed by atoms with Gasteiger partial charge in [0.1, 0.15) is 5.84 Å². The first kappa shape index (κ1) is 12.6. The van der Waals surface area contributed by atoms with E-state index in [0.29, 0.717) is 5.84 Å². The van der Waals surface area contributed by atoms with Gasteiger partial charge in [0.15, 0.2) is 5.84 Å². The lowest BCUT2D eigenvalue weighted by atomic mass is 10.1. The zero-order valence-corrected chi connectivity index (χ0v) is 11.1. The van der Waals surface area contributed by atoms with Crippen LogP contribution >= 0.6 is 0 Å². The fourth-order valence-corrected chi connectivity index (χ4v) is 2.39. The Morgan fingerprint density at radius 3 is 2.05 bits per heavy atom. The van der Waals surface area contributed by atoms with E-state index >= 15 is 0 Å². The van der Waals surface area contributed by atoms with E-state index in [1.807, 2.05) is 24.3 Å². The summed E-state index contributed by atoms with van der Waals surface area (Å²) in [6.07, 6.45) is 0. The van der Waals surface area contributed by atoms with Crippen LogP contribution < -0.4 is 11.1 Å². The molecule has 4 rings (SSSR count). The largest absolute Gasteiger partial charge is 0.383 e. The number of nitrogens with zero attached hydrogens (tertiary/aromatic N) is 1. The highest BCUT2D eigenvalue weighted by Gasteiger charge is 2.16. The second-order valence-corrected chi connectivity index (χ2v) is 4.76. The molecule has 100 valence electrons. The Bertz CT molecular complexity index is 665. The van der Waals surface area contributed by atoms with Crippen molar-refractivity contribution >= 4 is 11.7 Å². The smallest absolute Gasteiger partial charge is 0.154 e. The number of hydrogen-bond donors (Lipinski definition) is 3. The van der Waals surface area contributed by atoms with Crippen LogP contribution in [0.2, 0.25) is 0 Å². The average Bonchev–Trinajstić information content (AvgIpc) is 3.06. The third-order valence-corrected chi connectivity index (χ3v) is 3.44. The minimum atomic E-state index is 0.262. The maximum atomic E-state index is 7.39. The maximum absolute atomic E-state index is 7.39. The molecule has 0 fully saturated rings. The van der Waals surface area contributed by atoms with Gasteiger partial charge in [-0.1, -0.05) is 48.5 Å². The minimum Gasteiger partial charge on any atom is -0.383 e. The van der Waals surface area contributed by atoms with Crippen LogP contribution in [-0.2, 0) is 13.1 Å². The van der Waals surface area contributed by atoms with Crippen LogP contribution in [0.1, 0.15) is 22.3 Å². The molecule has 0 bridgehead atoms. The number of benzene rings is 2. The van der Waals surface area contributed by atoms with Gasteiger partial charge in [-0.25, -0.2) is 4.99 Å². The van der Waals surface area contributed by atoms with Gasteiger partial charge in [-0.05, 0) is 11.1 Å². The van der Waals surface area contributed by atoms with E-state index in [1.165, 1.54) is 11.1 Å². The highest BCUT2D eigenvalue weighted by atomic mass is 14.9. The third kappa shape index (κ3) is 2.33. The topological polar surface area (TPSA) is 74.3 Å². The summed E-state index contributed by atoms with van der Waals surface area (Å²) in [7, 11) is 0. The molecule has 2 heterocycles. The van der Waals surface area contributed by atoms with Crippen molar-refractivity contribution in [2.75, 3.05) is 0 Å². The van der Waals surface area contributed by atoms with E-state index < -0.39 is 0 Å². The molecule has 2 aromatic carbocycles. The van der Waals surface area contributed by atoms with E-state index in [4.69, 9.17) is 11.1 Å². The molecule has 0 saturated carbocycles. The molecular formula is C16H16N4. The summed E-state index contributed by atoms with van der Waals surface area (Å²) >= 11 is 0. The number of nitrogens with one attached hydrogen (secondary N) is 2. The Kier molecular flexibility index (Phi) is 3.31. The number of aliphatic imine (C=N–C) groups is 1. The predicted molar refractivity (Wildman–Crippen MR) is 81.0 cm³/mol. The summed E-state index contributed by atoms with van der Waals surface area (Å²) in [5.41, 5.74) is 10.2. The molecule has 0 amide bonds. The molecule has 0 atom stereocenters. The molecule has 2 aliphatic rings. The van der Waals surface area contributed by atoms with E-state index in [2.05, 4.69) is 34.6 Å². The maximum Gasteiger partial charge on any atom is 0.154 e. The monoisotopic (exact) mass is 264 g/mol. The number of rotatable bonds is 0. The van der Waals surface area contributed by atoms with Gasteiger partial charge in [0, 0.05) is 24.2 Å². The van der Waals surface area contributed by atoms with E-state index in [0.717, 1.165) is 24.2 Å². The second-order valence-electron chi connectivity index (χ2n) is 4.76. The van der Waals surface area contributed by atoms with Crippen LogP contribution in [0.5, 0.6) is 0 Å². The van der Waals surface area contributed by atoms with Crippen LogP contribution in [0.25, 0.3) is 0 Å².